The fourth-order valence-corrected chi connectivity index (χ4v) is 2.70. The van der Waals surface area contributed by atoms with Crippen LogP contribution in [0.1, 0.15) is 34.0 Å². The van der Waals surface area contributed by atoms with Gasteiger partial charge in [0, 0.05) is 18.5 Å². The first-order valence-corrected chi connectivity index (χ1v) is 8.06. The lowest BCUT2D eigenvalue weighted by atomic mass is 9.88. The highest BCUT2D eigenvalue weighted by Crippen LogP contribution is 2.27. The molecule has 3 rings (SSSR count). The van der Waals surface area contributed by atoms with E-state index in [1.54, 1.807) is 18.3 Å². The molecule has 0 fully saturated rings. The standard InChI is InChI=1S/C20H19N3O2/c24-19(22-23-20(25)18-12-7-13-21-18)14-17(15-8-3-1-4-9-15)16-10-5-2-6-11-16/h1-13,17,21H,14H2,(H,22,24)(H,23,25). The lowest BCUT2D eigenvalue weighted by molar-refractivity contribution is -0.122. The lowest BCUT2D eigenvalue weighted by Crippen LogP contribution is -2.42. The number of hydrogen-bond acceptors (Lipinski definition) is 2. The van der Waals surface area contributed by atoms with E-state index in [2.05, 4.69) is 15.8 Å². The zero-order valence-electron chi connectivity index (χ0n) is 13.6. The average molecular weight is 333 g/mol. The second-order valence-corrected chi connectivity index (χ2v) is 5.66. The number of hydrogen-bond donors (Lipinski definition) is 3. The number of aromatic amines is 1. The van der Waals surface area contributed by atoms with Crippen molar-refractivity contribution in [2.45, 2.75) is 12.3 Å². The second kappa shape index (κ2) is 7.97. The molecule has 2 amide bonds. The van der Waals surface area contributed by atoms with E-state index in [1.165, 1.54) is 0 Å². The Morgan fingerprint density at radius 3 is 1.92 bits per heavy atom. The minimum absolute atomic E-state index is 0.0789. The first-order valence-electron chi connectivity index (χ1n) is 8.06. The molecule has 1 aromatic heterocycles. The van der Waals surface area contributed by atoms with Crippen molar-refractivity contribution in [1.82, 2.24) is 15.8 Å². The Labute approximate surface area is 146 Å². The Bertz CT molecular complexity index is 775. The molecule has 0 saturated heterocycles. The van der Waals surface area contributed by atoms with Crippen LogP contribution in [0.25, 0.3) is 0 Å². The van der Waals surface area contributed by atoms with Crippen molar-refractivity contribution in [3.63, 3.8) is 0 Å². The van der Waals surface area contributed by atoms with Gasteiger partial charge in [0.1, 0.15) is 5.69 Å². The quantitative estimate of drug-likeness (QED) is 0.628. The minimum Gasteiger partial charge on any atom is -0.357 e. The summed E-state index contributed by atoms with van der Waals surface area (Å²) in [6.45, 7) is 0. The first-order chi connectivity index (χ1) is 12.2. The zero-order valence-corrected chi connectivity index (χ0v) is 13.6. The van der Waals surface area contributed by atoms with Crippen molar-refractivity contribution in [3.05, 3.63) is 95.8 Å². The highest BCUT2D eigenvalue weighted by atomic mass is 16.2. The Kier molecular flexibility index (Phi) is 5.26. The molecule has 0 spiro atoms. The zero-order chi connectivity index (χ0) is 17.5. The van der Waals surface area contributed by atoms with Crippen LogP contribution in [0.3, 0.4) is 0 Å². The molecule has 0 aliphatic rings. The van der Waals surface area contributed by atoms with E-state index in [-0.39, 0.29) is 24.2 Å². The molecule has 5 nitrogen and oxygen atoms in total. The van der Waals surface area contributed by atoms with Gasteiger partial charge < -0.3 is 4.98 Å². The fraction of sp³-hybridized carbons (Fsp3) is 0.100. The third-order valence-electron chi connectivity index (χ3n) is 3.95. The number of carbonyl (C=O) groups is 2. The van der Waals surface area contributed by atoms with Crippen LogP contribution in [-0.2, 0) is 4.79 Å². The van der Waals surface area contributed by atoms with Gasteiger partial charge in [-0.1, -0.05) is 60.7 Å². The molecular formula is C20H19N3O2. The van der Waals surface area contributed by atoms with Gasteiger partial charge >= 0.3 is 0 Å². The highest BCUT2D eigenvalue weighted by Gasteiger charge is 2.18. The van der Waals surface area contributed by atoms with E-state index < -0.39 is 0 Å². The lowest BCUT2D eigenvalue weighted by Gasteiger charge is -2.18. The molecule has 0 aliphatic heterocycles. The number of amides is 2. The maximum Gasteiger partial charge on any atom is 0.286 e. The molecule has 126 valence electrons. The maximum atomic E-state index is 12.3. The molecule has 0 bridgehead atoms. The molecule has 3 aromatic rings. The fourth-order valence-electron chi connectivity index (χ4n) is 2.70. The Balaban J connectivity index is 1.68. The molecule has 0 atom stereocenters. The van der Waals surface area contributed by atoms with Crippen molar-refractivity contribution in [2.24, 2.45) is 0 Å². The van der Waals surface area contributed by atoms with Crippen LogP contribution >= 0.6 is 0 Å². The molecule has 0 saturated carbocycles. The number of hydrazine groups is 1. The van der Waals surface area contributed by atoms with Crippen molar-refractivity contribution in [1.29, 1.82) is 0 Å². The predicted molar refractivity (Wildman–Crippen MR) is 95.7 cm³/mol. The van der Waals surface area contributed by atoms with Crippen molar-refractivity contribution < 1.29 is 9.59 Å². The van der Waals surface area contributed by atoms with Gasteiger partial charge in [-0.2, -0.15) is 0 Å². The van der Waals surface area contributed by atoms with E-state index in [1.807, 2.05) is 60.7 Å². The largest absolute Gasteiger partial charge is 0.357 e. The van der Waals surface area contributed by atoms with Gasteiger partial charge in [0.2, 0.25) is 5.91 Å². The normalized spacial score (nSPS) is 10.4. The second-order valence-electron chi connectivity index (χ2n) is 5.66. The summed E-state index contributed by atoms with van der Waals surface area (Å²) in [6, 6.07) is 23.1. The highest BCUT2D eigenvalue weighted by molar-refractivity contribution is 5.93. The van der Waals surface area contributed by atoms with E-state index in [0.717, 1.165) is 11.1 Å². The van der Waals surface area contributed by atoms with Gasteiger partial charge in [0.25, 0.3) is 5.91 Å². The summed E-state index contributed by atoms with van der Waals surface area (Å²) in [6.07, 6.45) is 1.89. The average Bonchev–Trinajstić information content (AvgIpc) is 3.20. The predicted octanol–water partition coefficient (Wildman–Crippen LogP) is 3.00. The van der Waals surface area contributed by atoms with Crippen LogP contribution in [0.4, 0.5) is 0 Å². The molecule has 3 N–H and O–H groups in total. The number of nitrogens with one attached hydrogen (secondary N) is 3. The number of H-pyrrole nitrogens is 1. The third-order valence-corrected chi connectivity index (χ3v) is 3.95. The Hall–Kier alpha value is -3.34. The van der Waals surface area contributed by atoms with E-state index in [0.29, 0.717) is 5.69 Å². The maximum absolute atomic E-state index is 12.3. The summed E-state index contributed by atoms with van der Waals surface area (Å²) < 4.78 is 0. The van der Waals surface area contributed by atoms with E-state index in [9.17, 15) is 9.59 Å². The number of carbonyl (C=O) groups excluding carboxylic acids is 2. The van der Waals surface area contributed by atoms with Gasteiger partial charge in [0.05, 0.1) is 0 Å². The van der Waals surface area contributed by atoms with Crippen molar-refractivity contribution >= 4 is 11.8 Å². The number of benzene rings is 2. The van der Waals surface area contributed by atoms with Gasteiger partial charge in [-0.25, -0.2) is 0 Å². The molecule has 2 aromatic carbocycles. The summed E-state index contributed by atoms with van der Waals surface area (Å²) in [7, 11) is 0. The topological polar surface area (TPSA) is 74.0 Å². The van der Waals surface area contributed by atoms with Crippen molar-refractivity contribution in [3.8, 4) is 0 Å². The smallest absolute Gasteiger partial charge is 0.286 e. The summed E-state index contributed by atoms with van der Waals surface area (Å²) in [5.41, 5.74) is 7.41. The SMILES string of the molecule is O=C(CC(c1ccccc1)c1ccccc1)NNC(=O)c1ccc[nH]1. The van der Waals surface area contributed by atoms with Gasteiger partial charge in [-0.3, -0.25) is 20.4 Å². The molecule has 0 radical (unpaired) electrons. The monoisotopic (exact) mass is 333 g/mol. The summed E-state index contributed by atoms with van der Waals surface area (Å²) in [4.78, 5) is 27.0. The van der Waals surface area contributed by atoms with E-state index in [4.69, 9.17) is 0 Å². The van der Waals surface area contributed by atoms with Crippen LogP contribution < -0.4 is 10.9 Å². The van der Waals surface area contributed by atoms with Crippen LogP contribution in [0.5, 0.6) is 0 Å². The van der Waals surface area contributed by atoms with Gasteiger partial charge in [-0.15, -0.1) is 0 Å². The van der Waals surface area contributed by atoms with Gasteiger partial charge in [-0.05, 0) is 23.3 Å². The molecule has 0 aliphatic carbocycles. The van der Waals surface area contributed by atoms with Crippen LogP contribution in [0.2, 0.25) is 0 Å². The molecular weight excluding hydrogens is 314 g/mol. The first kappa shape index (κ1) is 16.5. The third kappa shape index (κ3) is 4.35. The van der Waals surface area contributed by atoms with Crippen LogP contribution in [-0.4, -0.2) is 16.8 Å². The van der Waals surface area contributed by atoms with E-state index >= 15 is 0 Å². The Morgan fingerprint density at radius 1 is 0.800 bits per heavy atom. The summed E-state index contributed by atoms with van der Waals surface area (Å²) in [5.74, 6) is -0.711. The Morgan fingerprint density at radius 2 is 1.40 bits per heavy atom. The summed E-state index contributed by atoms with van der Waals surface area (Å²) in [5, 5.41) is 0. The van der Waals surface area contributed by atoms with Crippen molar-refractivity contribution in [2.75, 3.05) is 0 Å². The summed E-state index contributed by atoms with van der Waals surface area (Å²) >= 11 is 0. The molecule has 0 unspecified atom stereocenters. The molecule has 5 heteroatoms. The van der Waals surface area contributed by atoms with Gasteiger partial charge in [0.15, 0.2) is 0 Å². The minimum atomic E-state index is -0.380. The molecule has 25 heavy (non-hydrogen) atoms. The number of aromatic nitrogens is 1. The molecule has 1 heterocycles. The number of rotatable bonds is 5. The van der Waals surface area contributed by atoms with Crippen LogP contribution in [0, 0.1) is 0 Å². The van der Waals surface area contributed by atoms with Crippen LogP contribution in [0.15, 0.2) is 79.0 Å².